The zero-order valence-corrected chi connectivity index (χ0v) is 19.0. The van der Waals surface area contributed by atoms with Gasteiger partial charge in [-0.2, -0.15) is 17.5 Å². The lowest BCUT2D eigenvalue weighted by atomic mass is 9.89. The van der Waals surface area contributed by atoms with Crippen LogP contribution in [0, 0.1) is 11.3 Å². The normalized spacial score (nSPS) is 22.3. The van der Waals surface area contributed by atoms with Crippen molar-refractivity contribution in [1.82, 2.24) is 14.9 Å². The zero-order chi connectivity index (χ0) is 19.4. The summed E-state index contributed by atoms with van der Waals surface area (Å²) in [5.41, 5.74) is -4.94. The Morgan fingerprint density at radius 2 is 1.74 bits per heavy atom. The molecule has 2 N–H and O–H groups in total. The number of halogens is 4. The van der Waals surface area contributed by atoms with Crippen LogP contribution in [0.3, 0.4) is 0 Å². The van der Waals surface area contributed by atoms with Gasteiger partial charge in [0.15, 0.2) is 5.96 Å². The molecule has 0 aromatic heterocycles. The molecule has 0 unspecified atom stereocenters. The molecule has 27 heavy (non-hydrogen) atoms. The van der Waals surface area contributed by atoms with Crippen molar-refractivity contribution in [3.63, 3.8) is 0 Å². The van der Waals surface area contributed by atoms with Gasteiger partial charge in [0, 0.05) is 33.2 Å². The first-order chi connectivity index (χ1) is 12.1. The van der Waals surface area contributed by atoms with Gasteiger partial charge in [0.1, 0.15) is 0 Å². The highest BCUT2D eigenvalue weighted by atomic mass is 127. The Morgan fingerprint density at radius 3 is 2.22 bits per heavy atom. The van der Waals surface area contributed by atoms with Crippen LogP contribution >= 0.6 is 24.0 Å². The first kappa shape index (κ1) is 24.7. The third-order valence-electron chi connectivity index (χ3n) is 5.48. The maximum atomic E-state index is 12.6. The highest BCUT2D eigenvalue weighted by molar-refractivity contribution is 14.0. The van der Waals surface area contributed by atoms with Gasteiger partial charge in [-0.05, 0) is 37.0 Å². The molecule has 2 aliphatic rings. The van der Waals surface area contributed by atoms with Crippen LogP contribution in [0.5, 0.6) is 0 Å². The van der Waals surface area contributed by atoms with E-state index in [0.29, 0.717) is 29.7 Å². The average molecular weight is 526 g/mol. The molecule has 2 fully saturated rings. The number of piperidine rings is 1. The topological polar surface area (TPSA) is 73.8 Å². The summed E-state index contributed by atoms with van der Waals surface area (Å²) in [6.45, 7) is 3.47. The van der Waals surface area contributed by atoms with Crippen molar-refractivity contribution in [2.24, 2.45) is 16.3 Å². The fraction of sp³-hybridized carbons (Fsp3) is 0.938. The molecule has 6 nitrogen and oxygen atoms in total. The Hall–Kier alpha value is -0.300. The van der Waals surface area contributed by atoms with E-state index in [1.807, 2.05) is 0 Å². The van der Waals surface area contributed by atoms with E-state index in [-0.39, 0.29) is 48.4 Å². The van der Waals surface area contributed by atoms with Crippen LogP contribution in [0.4, 0.5) is 13.2 Å². The SMILES string of the molecule is CN=C(NCC1CCN(S(=O)(=O)C(F)(F)F)CC1)NCC1(C)CCCC1.I. The van der Waals surface area contributed by atoms with Crippen molar-refractivity contribution in [2.75, 3.05) is 33.2 Å². The van der Waals surface area contributed by atoms with Gasteiger partial charge in [0.25, 0.3) is 0 Å². The van der Waals surface area contributed by atoms with Gasteiger partial charge in [-0.1, -0.05) is 19.8 Å². The van der Waals surface area contributed by atoms with Crippen LogP contribution in [-0.2, 0) is 10.0 Å². The van der Waals surface area contributed by atoms with Gasteiger partial charge in [-0.25, -0.2) is 8.42 Å². The number of hydrogen-bond donors (Lipinski definition) is 2. The lowest BCUT2D eigenvalue weighted by molar-refractivity contribution is -0.0496. The van der Waals surface area contributed by atoms with E-state index in [4.69, 9.17) is 0 Å². The third kappa shape index (κ3) is 6.62. The predicted octanol–water partition coefficient (Wildman–Crippen LogP) is 2.91. The molecule has 0 bridgehead atoms. The molecule has 0 spiro atoms. The van der Waals surface area contributed by atoms with Crippen LogP contribution < -0.4 is 10.6 Å². The lowest BCUT2D eigenvalue weighted by Crippen LogP contribution is -2.48. The summed E-state index contributed by atoms with van der Waals surface area (Å²) >= 11 is 0. The number of rotatable bonds is 5. The largest absolute Gasteiger partial charge is 0.511 e. The highest BCUT2D eigenvalue weighted by Crippen LogP contribution is 2.36. The molecule has 0 amide bonds. The molecule has 1 aliphatic heterocycles. The van der Waals surface area contributed by atoms with Crippen molar-refractivity contribution in [3.8, 4) is 0 Å². The van der Waals surface area contributed by atoms with E-state index in [1.165, 1.54) is 25.7 Å². The second-order valence-corrected chi connectivity index (χ2v) is 9.55. The second kappa shape index (κ2) is 9.95. The third-order valence-corrected chi connectivity index (χ3v) is 7.11. The Labute approximate surface area is 176 Å². The predicted molar refractivity (Wildman–Crippen MR) is 111 cm³/mol. The maximum Gasteiger partial charge on any atom is 0.511 e. The number of sulfonamides is 1. The van der Waals surface area contributed by atoms with Gasteiger partial charge < -0.3 is 10.6 Å². The molecule has 0 aromatic rings. The smallest absolute Gasteiger partial charge is 0.356 e. The van der Waals surface area contributed by atoms with Gasteiger partial charge in [-0.15, -0.1) is 24.0 Å². The average Bonchev–Trinajstić information content (AvgIpc) is 3.01. The standard InChI is InChI=1S/C16H29F3N4O2S.HI/c1-15(7-3-4-8-15)12-22-14(20-2)21-11-13-5-9-23(10-6-13)26(24,25)16(17,18)19;/h13H,3-12H2,1-2H3,(H2,20,21,22);1H. The van der Waals surface area contributed by atoms with Crippen LogP contribution in [-0.4, -0.2) is 57.4 Å². The number of aliphatic imine (C=N–C) groups is 1. The minimum atomic E-state index is -5.22. The van der Waals surface area contributed by atoms with Crippen LogP contribution in [0.1, 0.15) is 45.4 Å². The summed E-state index contributed by atoms with van der Waals surface area (Å²) < 4.78 is 61.2. The Bertz CT molecular complexity index is 599. The van der Waals surface area contributed by atoms with Crippen molar-refractivity contribution >= 4 is 40.0 Å². The molecule has 0 atom stereocenters. The first-order valence-electron chi connectivity index (χ1n) is 9.08. The van der Waals surface area contributed by atoms with Crippen molar-refractivity contribution < 1.29 is 21.6 Å². The summed E-state index contributed by atoms with van der Waals surface area (Å²) in [5, 5.41) is 6.54. The molecular weight excluding hydrogens is 496 g/mol. The number of nitrogens with zero attached hydrogens (tertiary/aromatic N) is 2. The van der Waals surface area contributed by atoms with Gasteiger partial charge in [0.05, 0.1) is 0 Å². The number of hydrogen-bond acceptors (Lipinski definition) is 3. The van der Waals surface area contributed by atoms with Crippen LogP contribution in [0.25, 0.3) is 0 Å². The van der Waals surface area contributed by atoms with Crippen molar-refractivity contribution in [2.45, 2.75) is 51.0 Å². The number of alkyl halides is 3. The Kier molecular flexibility index (Phi) is 9.11. The van der Waals surface area contributed by atoms with E-state index >= 15 is 0 Å². The highest BCUT2D eigenvalue weighted by Gasteiger charge is 2.50. The van der Waals surface area contributed by atoms with E-state index in [2.05, 4.69) is 22.5 Å². The molecule has 0 radical (unpaired) electrons. The Morgan fingerprint density at radius 1 is 1.19 bits per heavy atom. The molecule has 160 valence electrons. The van der Waals surface area contributed by atoms with E-state index in [9.17, 15) is 21.6 Å². The van der Waals surface area contributed by atoms with Crippen molar-refractivity contribution in [3.05, 3.63) is 0 Å². The second-order valence-electron chi connectivity index (χ2n) is 7.62. The van der Waals surface area contributed by atoms with Crippen molar-refractivity contribution in [1.29, 1.82) is 0 Å². The minimum absolute atomic E-state index is 0. The molecule has 1 saturated heterocycles. The van der Waals surface area contributed by atoms with E-state index in [1.54, 1.807) is 7.05 Å². The number of guanidine groups is 1. The fourth-order valence-electron chi connectivity index (χ4n) is 3.66. The van der Waals surface area contributed by atoms with Gasteiger partial charge >= 0.3 is 15.5 Å². The van der Waals surface area contributed by atoms with E-state index < -0.39 is 15.5 Å². The van der Waals surface area contributed by atoms with Crippen LogP contribution in [0.2, 0.25) is 0 Å². The first-order valence-corrected chi connectivity index (χ1v) is 10.5. The summed E-state index contributed by atoms with van der Waals surface area (Å²) in [6, 6.07) is 0. The summed E-state index contributed by atoms with van der Waals surface area (Å²) in [4.78, 5) is 4.19. The van der Waals surface area contributed by atoms with E-state index in [0.717, 1.165) is 6.54 Å². The molecule has 11 heteroatoms. The Balaban J connectivity index is 0.00000364. The molecule has 1 heterocycles. The maximum absolute atomic E-state index is 12.6. The molecule has 1 saturated carbocycles. The van der Waals surface area contributed by atoms with Crippen LogP contribution in [0.15, 0.2) is 4.99 Å². The summed E-state index contributed by atoms with van der Waals surface area (Å²) in [7, 11) is -3.52. The fourth-order valence-corrected chi connectivity index (χ4v) is 4.65. The molecule has 0 aromatic carbocycles. The lowest BCUT2D eigenvalue weighted by Gasteiger charge is -2.32. The summed E-state index contributed by atoms with van der Waals surface area (Å²) in [6.07, 6.45) is 5.70. The van der Waals surface area contributed by atoms with Gasteiger partial charge in [-0.3, -0.25) is 4.99 Å². The zero-order valence-electron chi connectivity index (χ0n) is 15.8. The molecule has 2 rings (SSSR count). The van der Waals surface area contributed by atoms with Gasteiger partial charge in [0.2, 0.25) is 0 Å². The molecule has 1 aliphatic carbocycles. The number of nitrogens with one attached hydrogen (secondary N) is 2. The minimum Gasteiger partial charge on any atom is -0.356 e. The molecular formula is C16H30F3IN4O2S. The monoisotopic (exact) mass is 526 g/mol. The summed E-state index contributed by atoms with van der Waals surface area (Å²) in [5.74, 6) is 0.804. The quantitative estimate of drug-likeness (QED) is 0.329.